The zero-order valence-corrected chi connectivity index (χ0v) is 9.89. The molecule has 0 bridgehead atoms. The highest BCUT2D eigenvalue weighted by Crippen LogP contribution is 2.24. The number of ketones is 1. The van der Waals surface area contributed by atoms with Crippen molar-refractivity contribution >= 4 is 5.78 Å². The SMILES string of the molecule is CCOc1cc(C(C)=O)cc(CC)c1C. The first kappa shape index (κ1) is 11.8. The summed E-state index contributed by atoms with van der Waals surface area (Å²) in [6.07, 6.45) is 0.924. The molecule has 0 aliphatic rings. The fourth-order valence-electron chi connectivity index (χ4n) is 1.62. The number of carbonyl (C=O) groups excluding carboxylic acids is 1. The van der Waals surface area contributed by atoms with Crippen molar-refractivity contribution in [2.75, 3.05) is 6.61 Å². The molecular formula is C13H18O2. The summed E-state index contributed by atoms with van der Waals surface area (Å²) in [5, 5.41) is 0. The molecule has 0 fully saturated rings. The van der Waals surface area contributed by atoms with Crippen molar-refractivity contribution in [1.29, 1.82) is 0 Å². The van der Waals surface area contributed by atoms with Crippen LogP contribution in [0.25, 0.3) is 0 Å². The summed E-state index contributed by atoms with van der Waals surface area (Å²) in [5.41, 5.74) is 3.07. The number of hydrogen-bond acceptors (Lipinski definition) is 2. The minimum absolute atomic E-state index is 0.0886. The number of ether oxygens (including phenoxy) is 1. The molecule has 0 aromatic heterocycles. The van der Waals surface area contributed by atoms with Gasteiger partial charge in [0, 0.05) is 5.56 Å². The van der Waals surface area contributed by atoms with Crippen LogP contribution in [0, 0.1) is 6.92 Å². The van der Waals surface area contributed by atoms with Crippen molar-refractivity contribution in [3.8, 4) is 5.75 Å². The van der Waals surface area contributed by atoms with Gasteiger partial charge in [0.15, 0.2) is 5.78 Å². The third-order valence-electron chi connectivity index (χ3n) is 2.55. The second-order valence-electron chi connectivity index (χ2n) is 3.60. The van der Waals surface area contributed by atoms with Gasteiger partial charge in [0.05, 0.1) is 6.61 Å². The largest absolute Gasteiger partial charge is 0.494 e. The third-order valence-corrected chi connectivity index (χ3v) is 2.55. The van der Waals surface area contributed by atoms with Gasteiger partial charge < -0.3 is 4.74 Å². The number of carbonyl (C=O) groups is 1. The van der Waals surface area contributed by atoms with E-state index in [2.05, 4.69) is 6.92 Å². The van der Waals surface area contributed by atoms with Gasteiger partial charge in [-0.2, -0.15) is 0 Å². The maximum Gasteiger partial charge on any atom is 0.159 e. The quantitative estimate of drug-likeness (QED) is 0.707. The Bertz CT molecular complexity index is 367. The van der Waals surface area contributed by atoms with Crippen LogP contribution >= 0.6 is 0 Å². The molecule has 2 heteroatoms. The maximum absolute atomic E-state index is 11.3. The first-order valence-electron chi connectivity index (χ1n) is 5.37. The van der Waals surface area contributed by atoms with E-state index in [1.165, 1.54) is 5.56 Å². The highest BCUT2D eigenvalue weighted by molar-refractivity contribution is 5.94. The van der Waals surface area contributed by atoms with Crippen LogP contribution in [0.15, 0.2) is 12.1 Å². The molecule has 0 aliphatic carbocycles. The van der Waals surface area contributed by atoms with Crippen molar-refractivity contribution in [3.63, 3.8) is 0 Å². The van der Waals surface area contributed by atoms with E-state index in [1.54, 1.807) is 6.92 Å². The zero-order valence-electron chi connectivity index (χ0n) is 9.89. The van der Waals surface area contributed by atoms with E-state index >= 15 is 0 Å². The smallest absolute Gasteiger partial charge is 0.159 e. The second-order valence-corrected chi connectivity index (χ2v) is 3.60. The zero-order chi connectivity index (χ0) is 11.4. The average Bonchev–Trinajstić information content (AvgIpc) is 2.21. The summed E-state index contributed by atoms with van der Waals surface area (Å²) in [6.45, 7) is 8.28. The van der Waals surface area contributed by atoms with E-state index in [0.29, 0.717) is 6.61 Å². The molecule has 0 radical (unpaired) electrons. The Hall–Kier alpha value is -1.31. The van der Waals surface area contributed by atoms with Gasteiger partial charge in [0.1, 0.15) is 5.75 Å². The van der Waals surface area contributed by atoms with Crippen LogP contribution in [0.4, 0.5) is 0 Å². The fourth-order valence-corrected chi connectivity index (χ4v) is 1.62. The van der Waals surface area contributed by atoms with E-state index in [4.69, 9.17) is 4.74 Å². The van der Waals surface area contributed by atoms with Crippen LogP contribution in [0.2, 0.25) is 0 Å². The van der Waals surface area contributed by atoms with Crippen molar-refractivity contribution in [2.24, 2.45) is 0 Å². The standard InChI is InChI=1S/C13H18O2/c1-5-11-7-12(10(4)14)8-13(9(11)3)15-6-2/h7-8H,5-6H2,1-4H3. The molecule has 15 heavy (non-hydrogen) atoms. The molecule has 0 aliphatic heterocycles. The van der Waals surface area contributed by atoms with E-state index in [9.17, 15) is 4.79 Å². The monoisotopic (exact) mass is 206 g/mol. The van der Waals surface area contributed by atoms with Gasteiger partial charge in [-0.25, -0.2) is 0 Å². The third kappa shape index (κ3) is 2.58. The molecule has 2 nitrogen and oxygen atoms in total. The highest BCUT2D eigenvalue weighted by atomic mass is 16.5. The van der Waals surface area contributed by atoms with E-state index < -0.39 is 0 Å². The van der Waals surface area contributed by atoms with Crippen LogP contribution in [0.1, 0.15) is 42.3 Å². The topological polar surface area (TPSA) is 26.3 Å². The molecule has 0 spiro atoms. The van der Waals surface area contributed by atoms with Crippen molar-refractivity contribution in [1.82, 2.24) is 0 Å². The first-order valence-corrected chi connectivity index (χ1v) is 5.37. The molecule has 1 aromatic rings. The Labute approximate surface area is 91.3 Å². The van der Waals surface area contributed by atoms with Crippen LogP contribution in [0.5, 0.6) is 5.75 Å². The van der Waals surface area contributed by atoms with Crippen LogP contribution in [-0.2, 0) is 6.42 Å². The lowest BCUT2D eigenvalue weighted by Gasteiger charge is -2.12. The van der Waals surface area contributed by atoms with E-state index in [0.717, 1.165) is 23.3 Å². The Morgan fingerprint density at radius 3 is 2.47 bits per heavy atom. The van der Waals surface area contributed by atoms with Gasteiger partial charge in [-0.1, -0.05) is 6.92 Å². The molecule has 0 saturated heterocycles. The van der Waals surface area contributed by atoms with Crippen molar-refractivity contribution in [2.45, 2.75) is 34.1 Å². The molecule has 0 amide bonds. The summed E-state index contributed by atoms with van der Waals surface area (Å²) in [6, 6.07) is 3.79. The van der Waals surface area contributed by atoms with Crippen molar-refractivity contribution in [3.05, 3.63) is 28.8 Å². The average molecular weight is 206 g/mol. The summed E-state index contributed by atoms with van der Waals surface area (Å²) >= 11 is 0. The number of Topliss-reactive ketones (excluding diaryl/α,β-unsaturated/α-hetero) is 1. The number of aryl methyl sites for hydroxylation is 1. The van der Waals surface area contributed by atoms with Gasteiger partial charge in [-0.15, -0.1) is 0 Å². The molecule has 82 valence electrons. The van der Waals surface area contributed by atoms with Gasteiger partial charge >= 0.3 is 0 Å². The molecule has 0 unspecified atom stereocenters. The summed E-state index contributed by atoms with van der Waals surface area (Å²) in [7, 11) is 0. The highest BCUT2D eigenvalue weighted by Gasteiger charge is 2.09. The lowest BCUT2D eigenvalue weighted by Crippen LogP contribution is -2.01. The van der Waals surface area contributed by atoms with Gasteiger partial charge in [-0.05, 0) is 50.5 Å². The normalized spacial score (nSPS) is 10.1. The Balaban J connectivity index is 3.25. The predicted molar refractivity (Wildman–Crippen MR) is 61.7 cm³/mol. The van der Waals surface area contributed by atoms with E-state index in [1.807, 2.05) is 26.0 Å². The Morgan fingerprint density at radius 1 is 1.33 bits per heavy atom. The molecule has 1 rings (SSSR count). The number of hydrogen-bond donors (Lipinski definition) is 0. The Kier molecular flexibility index (Phi) is 3.89. The van der Waals surface area contributed by atoms with Crippen LogP contribution < -0.4 is 4.74 Å². The number of benzene rings is 1. The molecule has 0 N–H and O–H groups in total. The summed E-state index contributed by atoms with van der Waals surface area (Å²) in [4.78, 5) is 11.3. The second kappa shape index (κ2) is 4.96. The van der Waals surface area contributed by atoms with Crippen molar-refractivity contribution < 1.29 is 9.53 Å². The fraction of sp³-hybridized carbons (Fsp3) is 0.462. The first-order chi connectivity index (χ1) is 7.10. The molecule has 0 heterocycles. The predicted octanol–water partition coefficient (Wildman–Crippen LogP) is 3.16. The lowest BCUT2D eigenvalue weighted by atomic mass is 10.00. The minimum atomic E-state index is 0.0886. The molecule has 0 atom stereocenters. The summed E-state index contributed by atoms with van der Waals surface area (Å²) < 4.78 is 5.52. The number of rotatable bonds is 4. The molecule has 0 saturated carbocycles. The lowest BCUT2D eigenvalue weighted by molar-refractivity contribution is 0.101. The Morgan fingerprint density at radius 2 is 2.00 bits per heavy atom. The maximum atomic E-state index is 11.3. The molecule has 1 aromatic carbocycles. The molecular weight excluding hydrogens is 188 g/mol. The van der Waals surface area contributed by atoms with Gasteiger partial charge in [-0.3, -0.25) is 4.79 Å². The van der Waals surface area contributed by atoms with E-state index in [-0.39, 0.29) is 5.78 Å². The van der Waals surface area contributed by atoms with Gasteiger partial charge in [0.2, 0.25) is 0 Å². The minimum Gasteiger partial charge on any atom is -0.494 e. The van der Waals surface area contributed by atoms with Crippen LogP contribution in [-0.4, -0.2) is 12.4 Å². The van der Waals surface area contributed by atoms with Crippen LogP contribution in [0.3, 0.4) is 0 Å². The van der Waals surface area contributed by atoms with Gasteiger partial charge in [0.25, 0.3) is 0 Å². The summed E-state index contributed by atoms with van der Waals surface area (Å²) in [5.74, 6) is 0.924.